The molecule has 0 aliphatic heterocycles. The van der Waals surface area contributed by atoms with Crippen LogP contribution < -0.4 is 0 Å². The summed E-state index contributed by atoms with van der Waals surface area (Å²) in [7, 11) is 0. The minimum atomic E-state index is 1.06. The molecule has 50 valence electrons. The number of rotatable bonds is 1. The molecule has 1 nitrogen and oxygen atoms in total. The molecule has 0 N–H and O–H groups in total. The van der Waals surface area contributed by atoms with Crippen molar-refractivity contribution in [3.63, 3.8) is 0 Å². The molecule has 0 amide bonds. The molecule has 0 unspecified atom stereocenters. The first-order chi connectivity index (χ1) is 4.97. The van der Waals surface area contributed by atoms with Gasteiger partial charge >= 0.3 is 0 Å². The molecule has 0 radical (unpaired) electrons. The van der Waals surface area contributed by atoms with E-state index in [1.54, 1.807) is 12.5 Å². The molecule has 1 aromatic heterocycles. The minimum absolute atomic E-state index is 1.06. The van der Waals surface area contributed by atoms with Gasteiger partial charge in [0.25, 0.3) is 0 Å². The van der Waals surface area contributed by atoms with Crippen LogP contribution in [0.2, 0.25) is 0 Å². The Morgan fingerprint density at radius 1 is 1.40 bits per heavy atom. The molecule has 2 rings (SSSR count). The molecule has 1 aromatic rings. The molecule has 10 heavy (non-hydrogen) atoms. The van der Waals surface area contributed by atoms with E-state index in [0.29, 0.717) is 0 Å². The third-order valence-electron chi connectivity index (χ3n) is 1.63. The van der Waals surface area contributed by atoms with Gasteiger partial charge in [0.05, 0.1) is 12.5 Å². The largest absolute Gasteiger partial charge is 0.472 e. The smallest absolute Gasteiger partial charge is 0.0980 e. The zero-order valence-electron chi connectivity index (χ0n) is 5.58. The zero-order valence-corrected chi connectivity index (χ0v) is 5.58. The van der Waals surface area contributed by atoms with Crippen LogP contribution in [0.4, 0.5) is 0 Å². The van der Waals surface area contributed by atoms with E-state index in [-0.39, 0.29) is 0 Å². The van der Waals surface area contributed by atoms with Gasteiger partial charge in [-0.05, 0) is 18.1 Å². The highest BCUT2D eigenvalue weighted by Crippen LogP contribution is 2.21. The van der Waals surface area contributed by atoms with Crippen LogP contribution in [0.1, 0.15) is 12.0 Å². The Morgan fingerprint density at radius 2 is 2.40 bits per heavy atom. The van der Waals surface area contributed by atoms with Crippen LogP contribution in [0, 0.1) is 0 Å². The lowest BCUT2D eigenvalue weighted by Crippen LogP contribution is -1.69. The van der Waals surface area contributed by atoms with Crippen LogP contribution in [0.15, 0.2) is 41.2 Å². The molecule has 1 aliphatic rings. The van der Waals surface area contributed by atoms with Gasteiger partial charge in [0.1, 0.15) is 0 Å². The van der Waals surface area contributed by atoms with E-state index in [1.165, 1.54) is 11.1 Å². The maximum atomic E-state index is 4.95. The third-order valence-corrected chi connectivity index (χ3v) is 1.63. The lowest BCUT2D eigenvalue weighted by Gasteiger charge is -1.88. The fourth-order valence-corrected chi connectivity index (χ4v) is 1.10. The van der Waals surface area contributed by atoms with Crippen LogP contribution in [-0.2, 0) is 0 Å². The van der Waals surface area contributed by atoms with Crippen molar-refractivity contribution in [1.82, 2.24) is 0 Å². The second-order valence-electron chi connectivity index (χ2n) is 2.31. The number of allylic oxidation sites excluding steroid dienone is 4. The summed E-state index contributed by atoms with van der Waals surface area (Å²) in [4.78, 5) is 0. The van der Waals surface area contributed by atoms with Crippen LogP contribution in [0.5, 0.6) is 0 Å². The zero-order chi connectivity index (χ0) is 6.81. The van der Waals surface area contributed by atoms with Gasteiger partial charge < -0.3 is 4.42 Å². The summed E-state index contributed by atoms with van der Waals surface area (Å²) in [6.45, 7) is 0. The summed E-state index contributed by atoms with van der Waals surface area (Å²) in [6, 6.07) is 1.97. The van der Waals surface area contributed by atoms with Gasteiger partial charge in [-0.2, -0.15) is 0 Å². The van der Waals surface area contributed by atoms with Crippen molar-refractivity contribution in [3.05, 3.63) is 42.4 Å². The second kappa shape index (κ2) is 2.18. The normalized spacial score (nSPS) is 15.8. The van der Waals surface area contributed by atoms with Crippen molar-refractivity contribution in [3.8, 4) is 0 Å². The highest BCUT2D eigenvalue weighted by molar-refractivity contribution is 5.75. The highest BCUT2D eigenvalue weighted by atomic mass is 16.3. The SMILES string of the molecule is C1=CC(c2ccoc2)=CC1. The summed E-state index contributed by atoms with van der Waals surface area (Å²) >= 11 is 0. The van der Waals surface area contributed by atoms with Crippen LogP contribution in [0.3, 0.4) is 0 Å². The van der Waals surface area contributed by atoms with Crippen LogP contribution in [0.25, 0.3) is 5.57 Å². The summed E-state index contributed by atoms with van der Waals surface area (Å²) in [6.07, 6.45) is 11.0. The van der Waals surface area contributed by atoms with Gasteiger partial charge in [0.15, 0.2) is 0 Å². The van der Waals surface area contributed by atoms with Gasteiger partial charge in [-0.15, -0.1) is 0 Å². The highest BCUT2D eigenvalue weighted by Gasteiger charge is 2.00. The standard InChI is InChI=1S/C9H8O/c1-2-4-8(3-1)9-5-6-10-7-9/h1,3-7H,2H2. The minimum Gasteiger partial charge on any atom is -0.472 e. The van der Waals surface area contributed by atoms with Gasteiger partial charge in [-0.25, -0.2) is 0 Å². The van der Waals surface area contributed by atoms with E-state index in [1.807, 2.05) is 6.07 Å². The average molecular weight is 132 g/mol. The number of hydrogen-bond acceptors (Lipinski definition) is 1. The summed E-state index contributed by atoms with van der Waals surface area (Å²) < 4.78 is 4.95. The molecular formula is C9H8O. The van der Waals surface area contributed by atoms with E-state index in [4.69, 9.17) is 4.42 Å². The number of hydrogen-bond donors (Lipinski definition) is 0. The fourth-order valence-electron chi connectivity index (χ4n) is 1.10. The maximum Gasteiger partial charge on any atom is 0.0980 e. The molecular weight excluding hydrogens is 124 g/mol. The van der Waals surface area contributed by atoms with Crippen molar-refractivity contribution in [2.75, 3.05) is 0 Å². The Balaban J connectivity index is 2.36. The predicted molar refractivity (Wildman–Crippen MR) is 40.4 cm³/mol. The predicted octanol–water partition coefficient (Wildman–Crippen LogP) is 2.62. The molecule has 0 spiro atoms. The monoisotopic (exact) mass is 132 g/mol. The molecule has 0 atom stereocenters. The average Bonchev–Trinajstić information content (AvgIpc) is 2.59. The van der Waals surface area contributed by atoms with Crippen molar-refractivity contribution in [1.29, 1.82) is 0 Å². The van der Waals surface area contributed by atoms with Gasteiger partial charge in [-0.3, -0.25) is 0 Å². The Hall–Kier alpha value is -1.24. The number of furan rings is 1. The van der Waals surface area contributed by atoms with E-state index in [9.17, 15) is 0 Å². The first-order valence-corrected chi connectivity index (χ1v) is 3.36. The second-order valence-corrected chi connectivity index (χ2v) is 2.31. The van der Waals surface area contributed by atoms with E-state index < -0.39 is 0 Å². The van der Waals surface area contributed by atoms with Crippen molar-refractivity contribution in [2.45, 2.75) is 6.42 Å². The summed E-state index contributed by atoms with van der Waals surface area (Å²) in [5, 5.41) is 0. The maximum absolute atomic E-state index is 4.95. The van der Waals surface area contributed by atoms with Crippen LogP contribution in [-0.4, -0.2) is 0 Å². The first kappa shape index (κ1) is 5.54. The molecule has 1 heteroatoms. The van der Waals surface area contributed by atoms with Crippen molar-refractivity contribution in [2.24, 2.45) is 0 Å². The van der Waals surface area contributed by atoms with Crippen LogP contribution >= 0.6 is 0 Å². The quantitative estimate of drug-likeness (QED) is 0.572. The lowest BCUT2D eigenvalue weighted by atomic mass is 10.1. The fraction of sp³-hybridized carbons (Fsp3) is 0.111. The Bertz CT molecular complexity index is 265. The molecule has 1 heterocycles. The van der Waals surface area contributed by atoms with Gasteiger partial charge in [0.2, 0.25) is 0 Å². The summed E-state index contributed by atoms with van der Waals surface area (Å²) in [5.41, 5.74) is 2.45. The van der Waals surface area contributed by atoms with Gasteiger partial charge in [-0.1, -0.05) is 18.2 Å². The summed E-state index contributed by atoms with van der Waals surface area (Å²) in [5.74, 6) is 0. The van der Waals surface area contributed by atoms with Crippen molar-refractivity contribution >= 4 is 5.57 Å². The van der Waals surface area contributed by atoms with Gasteiger partial charge in [0, 0.05) is 5.56 Å². The molecule has 0 saturated heterocycles. The third kappa shape index (κ3) is 0.798. The lowest BCUT2D eigenvalue weighted by molar-refractivity contribution is 0.566. The van der Waals surface area contributed by atoms with E-state index in [0.717, 1.165) is 6.42 Å². The molecule has 0 aromatic carbocycles. The Labute approximate surface area is 59.7 Å². The Morgan fingerprint density at radius 3 is 3.00 bits per heavy atom. The first-order valence-electron chi connectivity index (χ1n) is 3.36. The Kier molecular flexibility index (Phi) is 1.21. The van der Waals surface area contributed by atoms with Crippen molar-refractivity contribution < 1.29 is 4.42 Å². The molecule has 0 bridgehead atoms. The van der Waals surface area contributed by atoms with E-state index >= 15 is 0 Å². The van der Waals surface area contributed by atoms with E-state index in [2.05, 4.69) is 18.2 Å². The molecule has 0 fully saturated rings. The molecule has 0 saturated carbocycles. The topological polar surface area (TPSA) is 13.1 Å². The molecule has 1 aliphatic carbocycles.